The Kier molecular flexibility index (Phi) is 10.9. The number of hydrogen-bond acceptors (Lipinski definition) is 4. The summed E-state index contributed by atoms with van der Waals surface area (Å²) in [6.45, 7) is 1.67. The summed E-state index contributed by atoms with van der Waals surface area (Å²) in [7, 11) is -4.22. The molecule has 2 amide bonds. The van der Waals surface area contributed by atoms with E-state index in [0.29, 0.717) is 23.6 Å². The summed E-state index contributed by atoms with van der Waals surface area (Å²) in [6.07, 6.45) is 0.874. The molecule has 4 aromatic carbocycles. The summed E-state index contributed by atoms with van der Waals surface area (Å²) in [5, 5.41) is 3.18. The van der Waals surface area contributed by atoms with Gasteiger partial charge in [-0.1, -0.05) is 85.3 Å². The average Bonchev–Trinajstić information content (AvgIpc) is 3.02. The predicted octanol–water partition coefficient (Wildman–Crippen LogP) is 5.84. The van der Waals surface area contributed by atoms with Crippen molar-refractivity contribution in [1.29, 1.82) is 0 Å². The van der Waals surface area contributed by atoms with Crippen LogP contribution in [0, 0.1) is 5.82 Å². The molecule has 0 aliphatic heterocycles. The molecule has 0 spiro atoms. The lowest BCUT2D eigenvalue weighted by Crippen LogP contribution is -2.53. The summed E-state index contributed by atoms with van der Waals surface area (Å²) >= 11 is 6.23. The quantitative estimate of drug-likeness (QED) is 0.203. The van der Waals surface area contributed by atoms with Crippen molar-refractivity contribution in [2.75, 3.05) is 17.4 Å². The number of carbonyl (C=O) groups excluding carboxylic acids is 2. The zero-order valence-corrected chi connectivity index (χ0v) is 25.3. The van der Waals surface area contributed by atoms with Crippen LogP contribution in [0.5, 0.6) is 0 Å². The van der Waals surface area contributed by atoms with Gasteiger partial charge in [0.15, 0.2) is 0 Å². The van der Waals surface area contributed by atoms with Crippen LogP contribution in [0.15, 0.2) is 114 Å². The first kappa shape index (κ1) is 31.7. The van der Waals surface area contributed by atoms with Crippen molar-refractivity contribution in [3.05, 3.63) is 131 Å². The number of rotatable bonds is 13. The molecule has 0 aromatic heterocycles. The van der Waals surface area contributed by atoms with Crippen LogP contribution in [-0.4, -0.2) is 44.3 Å². The first-order chi connectivity index (χ1) is 20.7. The van der Waals surface area contributed by atoms with Gasteiger partial charge in [0.1, 0.15) is 18.4 Å². The minimum atomic E-state index is -4.22. The highest BCUT2D eigenvalue weighted by Crippen LogP contribution is 2.27. The molecule has 7 nitrogen and oxygen atoms in total. The number of anilines is 1. The molecule has 1 atom stereocenters. The third-order valence-electron chi connectivity index (χ3n) is 6.79. The monoisotopic (exact) mass is 621 g/mol. The van der Waals surface area contributed by atoms with E-state index in [9.17, 15) is 22.4 Å². The fraction of sp³-hybridized carbons (Fsp3) is 0.212. The maximum atomic E-state index is 14.3. The molecule has 0 saturated carbocycles. The van der Waals surface area contributed by atoms with E-state index in [4.69, 9.17) is 11.6 Å². The van der Waals surface area contributed by atoms with Gasteiger partial charge in [0, 0.05) is 24.5 Å². The number of sulfonamides is 1. The summed E-state index contributed by atoms with van der Waals surface area (Å²) in [4.78, 5) is 29.3. The third-order valence-corrected chi connectivity index (χ3v) is 8.82. The molecule has 0 fully saturated rings. The van der Waals surface area contributed by atoms with Crippen molar-refractivity contribution >= 4 is 39.1 Å². The lowest BCUT2D eigenvalue weighted by molar-refractivity contribution is -0.140. The lowest BCUT2D eigenvalue weighted by atomic mass is 10.0. The van der Waals surface area contributed by atoms with Crippen molar-refractivity contribution in [3.8, 4) is 0 Å². The van der Waals surface area contributed by atoms with Crippen molar-refractivity contribution in [3.63, 3.8) is 0 Å². The Morgan fingerprint density at radius 3 is 2.14 bits per heavy atom. The largest absolute Gasteiger partial charge is 0.354 e. The number of nitrogens with zero attached hydrogens (tertiary/aromatic N) is 2. The molecule has 224 valence electrons. The Morgan fingerprint density at radius 2 is 1.51 bits per heavy atom. The molecule has 0 bridgehead atoms. The Morgan fingerprint density at radius 1 is 0.860 bits per heavy atom. The number of hydrogen-bond donors (Lipinski definition) is 1. The zero-order chi connectivity index (χ0) is 30.8. The molecule has 0 unspecified atom stereocenters. The number of halogens is 2. The van der Waals surface area contributed by atoms with Gasteiger partial charge >= 0.3 is 0 Å². The van der Waals surface area contributed by atoms with Gasteiger partial charge in [0.25, 0.3) is 10.0 Å². The molecule has 43 heavy (non-hydrogen) atoms. The Labute approximate surface area is 257 Å². The van der Waals surface area contributed by atoms with Crippen LogP contribution in [0.25, 0.3) is 0 Å². The summed E-state index contributed by atoms with van der Waals surface area (Å²) < 4.78 is 42.6. The van der Waals surface area contributed by atoms with Gasteiger partial charge in [-0.05, 0) is 60.0 Å². The van der Waals surface area contributed by atoms with E-state index in [2.05, 4.69) is 5.32 Å². The van der Waals surface area contributed by atoms with Crippen LogP contribution in [-0.2, 0) is 32.6 Å². The van der Waals surface area contributed by atoms with Crippen molar-refractivity contribution in [2.24, 2.45) is 0 Å². The predicted molar refractivity (Wildman–Crippen MR) is 167 cm³/mol. The van der Waals surface area contributed by atoms with Gasteiger partial charge in [-0.2, -0.15) is 0 Å². The van der Waals surface area contributed by atoms with Crippen LogP contribution in [0.2, 0.25) is 5.02 Å². The number of carbonyl (C=O) groups is 2. The second kappa shape index (κ2) is 14.8. The molecule has 0 heterocycles. The fourth-order valence-electron chi connectivity index (χ4n) is 4.59. The third kappa shape index (κ3) is 8.43. The molecule has 4 rings (SSSR count). The lowest BCUT2D eigenvalue weighted by Gasteiger charge is -2.34. The maximum Gasteiger partial charge on any atom is 0.264 e. The zero-order valence-electron chi connectivity index (χ0n) is 23.7. The Bertz CT molecular complexity index is 1620. The van der Waals surface area contributed by atoms with Crippen LogP contribution < -0.4 is 9.62 Å². The second-order valence-electron chi connectivity index (χ2n) is 9.95. The molecule has 0 aliphatic rings. The normalized spacial score (nSPS) is 11.9. The van der Waals surface area contributed by atoms with Crippen molar-refractivity contribution in [2.45, 2.75) is 37.2 Å². The molecular formula is C33H33ClFN3O4S. The second-order valence-corrected chi connectivity index (χ2v) is 12.2. The van der Waals surface area contributed by atoms with Gasteiger partial charge in [-0.25, -0.2) is 12.8 Å². The summed E-state index contributed by atoms with van der Waals surface area (Å²) in [5.74, 6) is -1.43. The molecule has 0 radical (unpaired) electrons. The highest BCUT2D eigenvalue weighted by molar-refractivity contribution is 7.92. The van der Waals surface area contributed by atoms with E-state index in [1.54, 1.807) is 36.4 Å². The van der Waals surface area contributed by atoms with E-state index in [1.165, 1.54) is 47.4 Å². The number of benzene rings is 4. The van der Waals surface area contributed by atoms with E-state index < -0.39 is 34.3 Å². The fourth-order valence-corrected chi connectivity index (χ4v) is 6.20. The number of amides is 2. The average molecular weight is 622 g/mol. The smallest absolute Gasteiger partial charge is 0.264 e. The summed E-state index contributed by atoms with van der Waals surface area (Å²) in [5.41, 5.74) is 1.59. The first-order valence-corrected chi connectivity index (χ1v) is 15.7. The molecule has 10 heteroatoms. The van der Waals surface area contributed by atoms with Crippen LogP contribution in [0.1, 0.15) is 24.5 Å². The molecular weight excluding hydrogens is 589 g/mol. The topological polar surface area (TPSA) is 86.8 Å². The van der Waals surface area contributed by atoms with E-state index in [0.717, 1.165) is 9.87 Å². The summed E-state index contributed by atoms with van der Waals surface area (Å²) in [6, 6.07) is 27.9. The van der Waals surface area contributed by atoms with Crippen LogP contribution in [0.3, 0.4) is 0 Å². The van der Waals surface area contributed by atoms with E-state index in [-0.39, 0.29) is 29.5 Å². The Hall–Kier alpha value is -4.21. The van der Waals surface area contributed by atoms with Gasteiger partial charge < -0.3 is 10.2 Å². The first-order valence-electron chi connectivity index (χ1n) is 13.9. The van der Waals surface area contributed by atoms with E-state index >= 15 is 0 Å². The maximum absolute atomic E-state index is 14.3. The van der Waals surface area contributed by atoms with Gasteiger partial charge in [0.2, 0.25) is 11.8 Å². The van der Waals surface area contributed by atoms with E-state index in [1.807, 2.05) is 37.3 Å². The highest BCUT2D eigenvalue weighted by atomic mass is 35.5. The number of nitrogens with one attached hydrogen (secondary N) is 1. The van der Waals surface area contributed by atoms with Gasteiger partial charge in [0.05, 0.1) is 10.6 Å². The van der Waals surface area contributed by atoms with Crippen LogP contribution in [0.4, 0.5) is 10.1 Å². The van der Waals surface area contributed by atoms with Gasteiger partial charge in [-0.3, -0.25) is 13.9 Å². The SMILES string of the molecule is CCCNC(=O)[C@@H](Cc1ccccc1)N(Cc1ccc(F)cc1)C(=O)CN(c1cccc(Cl)c1)S(=O)(=O)c1ccccc1. The Balaban J connectivity index is 1.78. The minimum Gasteiger partial charge on any atom is -0.354 e. The molecule has 0 saturated heterocycles. The van der Waals surface area contributed by atoms with Crippen molar-refractivity contribution < 1.29 is 22.4 Å². The minimum absolute atomic E-state index is 0.00520. The van der Waals surface area contributed by atoms with Crippen LogP contribution >= 0.6 is 11.6 Å². The molecule has 0 aliphatic carbocycles. The highest BCUT2D eigenvalue weighted by Gasteiger charge is 2.34. The van der Waals surface area contributed by atoms with Crippen molar-refractivity contribution in [1.82, 2.24) is 10.2 Å². The molecule has 4 aromatic rings. The standard InChI is InChI=1S/C33H33ClFN3O4S/c1-2-20-36-33(40)31(21-25-10-5-3-6-11-25)37(23-26-16-18-28(35)19-17-26)32(39)24-38(29-13-9-12-27(34)22-29)43(41,42)30-14-7-4-8-15-30/h3-19,22,31H,2,20-21,23-24H2,1H3,(H,36,40)/t31-/m1/s1. The molecule has 1 N–H and O–H groups in total. The van der Waals surface area contributed by atoms with Gasteiger partial charge in [-0.15, -0.1) is 0 Å².